The van der Waals surface area contributed by atoms with Crippen LogP contribution in [-0.4, -0.2) is 99.1 Å². The van der Waals surface area contributed by atoms with Crippen LogP contribution in [0.4, 0.5) is 0 Å². The molecule has 1 aromatic heterocycles. The van der Waals surface area contributed by atoms with Gasteiger partial charge in [0.1, 0.15) is 30.0 Å². The summed E-state index contributed by atoms with van der Waals surface area (Å²) in [6.07, 6.45) is 2.67. The maximum absolute atomic E-state index is 14.2. The molecule has 14 nitrogen and oxygen atoms in total. The van der Waals surface area contributed by atoms with E-state index in [1.165, 1.54) is 23.6 Å². The lowest BCUT2D eigenvalue weighted by Gasteiger charge is -2.32. The monoisotopic (exact) mass is 732 g/mol. The molecule has 2 aromatic carbocycles. The van der Waals surface area contributed by atoms with Crippen molar-refractivity contribution in [3.63, 3.8) is 0 Å². The van der Waals surface area contributed by atoms with Crippen molar-refractivity contribution < 1.29 is 28.8 Å². The number of nitrogens with zero attached hydrogens (tertiary/aromatic N) is 2. The second-order valence-corrected chi connectivity index (χ2v) is 14.7. The molecule has 0 bridgehead atoms. The number of para-hydroxylation sites is 2. The number of aromatic nitrogens is 2. The number of H-pyrrole nitrogens is 1. The molecule has 6 N–H and O–H groups in total. The third kappa shape index (κ3) is 9.69. The van der Waals surface area contributed by atoms with Crippen molar-refractivity contribution in [3.8, 4) is 0 Å². The highest BCUT2D eigenvalue weighted by Crippen LogP contribution is 2.23. The highest BCUT2D eigenvalue weighted by Gasteiger charge is 2.44. The van der Waals surface area contributed by atoms with Gasteiger partial charge in [-0.2, -0.15) is 11.8 Å². The lowest BCUT2D eigenvalue weighted by atomic mass is 10.0. The Hall–Kier alpha value is -4.92. The van der Waals surface area contributed by atoms with Crippen LogP contribution in [0.2, 0.25) is 0 Å². The van der Waals surface area contributed by atoms with Crippen LogP contribution in [0.3, 0.4) is 0 Å². The molecule has 2 fully saturated rings. The summed E-state index contributed by atoms with van der Waals surface area (Å²) in [5.74, 6) is -1.96. The molecule has 2 saturated heterocycles. The van der Waals surface area contributed by atoms with Crippen molar-refractivity contribution in [1.82, 2.24) is 41.5 Å². The van der Waals surface area contributed by atoms with Crippen LogP contribution in [-0.2, 0) is 35.2 Å². The Balaban J connectivity index is 1.38. The highest BCUT2D eigenvalue weighted by molar-refractivity contribution is 7.98. The maximum atomic E-state index is 14.2. The molecule has 0 unspecified atom stereocenters. The standard InChI is InChI=1S/C37H48N8O6S/c1-21(2)33-37(51)45-20-24(39-31(46)15-14-30-40-25-12-8-9-13-26(25)41-30)18-29(45)36(50)38-22(3)34(48)43-28(23-10-6-5-7-11-23)19-32(47)42-27(16-17-52-4)35(49)44-33/h5-13,21-22,24,27-29,33H,14-20H2,1-4H3,(H,38,50)(H,39,46)(H,40,41)(H,42,47)(H,43,48)(H,44,49)/t22-,24-,27-,28-,29-,33-/m0/s1. The van der Waals surface area contributed by atoms with E-state index in [0.29, 0.717) is 30.0 Å². The number of benzene rings is 2. The van der Waals surface area contributed by atoms with Crippen molar-refractivity contribution in [2.45, 2.75) is 89.1 Å². The minimum Gasteiger partial charge on any atom is -0.351 e. The quantitative estimate of drug-likeness (QED) is 0.191. The zero-order valence-electron chi connectivity index (χ0n) is 29.9. The number of nitrogens with one attached hydrogen (secondary N) is 6. The largest absolute Gasteiger partial charge is 0.351 e. The molecule has 15 heteroatoms. The van der Waals surface area contributed by atoms with Gasteiger partial charge in [0, 0.05) is 25.4 Å². The number of imidazole rings is 1. The van der Waals surface area contributed by atoms with Crippen molar-refractivity contribution in [1.29, 1.82) is 0 Å². The van der Waals surface area contributed by atoms with Crippen LogP contribution < -0.4 is 26.6 Å². The smallest absolute Gasteiger partial charge is 0.246 e. The second kappa shape index (κ2) is 17.5. The van der Waals surface area contributed by atoms with Crippen LogP contribution in [0.25, 0.3) is 11.0 Å². The molecule has 2 aliphatic heterocycles. The number of carbonyl (C=O) groups excluding carboxylic acids is 6. The molecule has 6 amide bonds. The zero-order chi connectivity index (χ0) is 37.4. The van der Waals surface area contributed by atoms with Gasteiger partial charge in [-0.15, -0.1) is 0 Å². The number of aromatic amines is 1. The first-order valence-electron chi connectivity index (χ1n) is 17.7. The maximum Gasteiger partial charge on any atom is 0.246 e. The number of amides is 6. The van der Waals surface area contributed by atoms with E-state index in [2.05, 4.69) is 36.6 Å². The minimum absolute atomic E-state index is 0.0235. The molecule has 0 aliphatic carbocycles. The van der Waals surface area contributed by atoms with E-state index in [-0.39, 0.29) is 37.6 Å². The van der Waals surface area contributed by atoms with E-state index in [4.69, 9.17) is 0 Å². The number of fused-ring (bicyclic) bond motifs is 2. The Morgan fingerprint density at radius 2 is 1.67 bits per heavy atom. The summed E-state index contributed by atoms with van der Waals surface area (Å²) >= 11 is 1.52. The zero-order valence-corrected chi connectivity index (χ0v) is 30.8. The summed E-state index contributed by atoms with van der Waals surface area (Å²) in [6, 6.07) is 11.3. The van der Waals surface area contributed by atoms with Crippen molar-refractivity contribution in [3.05, 3.63) is 66.0 Å². The second-order valence-electron chi connectivity index (χ2n) is 13.7. The summed E-state index contributed by atoms with van der Waals surface area (Å²) in [5, 5.41) is 14.3. The minimum atomic E-state index is -1.02. The number of aryl methyl sites for hydroxylation is 1. The molecule has 278 valence electrons. The fourth-order valence-electron chi connectivity index (χ4n) is 6.59. The fraction of sp³-hybridized carbons (Fsp3) is 0.486. The van der Waals surface area contributed by atoms with Gasteiger partial charge in [0.2, 0.25) is 35.4 Å². The van der Waals surface area contributed by atoms with Gasteiger partial charge in [-0.1, -0.05) is 56.3 Å². The first kappa shape index (κ1) is 38.3. The first-order chi connectivity index (χ1) is 24.9. The summed E-state index contributed by atoms with van der Waals surface area (Å²) < 4.78 is 0. The lowest BCUT2D eigenvalue weighted by molar-refractivity contribution is -0.143. The van der Waals surface area contributed by atoms with E-state index in [1.807, 2.05) is 36.6 Å². The summed E-state index contributed by atoms with van der Waals surface area (Å²) in [6.45, 7) is 5.13. The Kier molecular flexibility index (Phi) is 12.9. The van der Waals surface area contributed by atoms with E-state index in [1.54, 1.807) is 38.1 Å². The SMILES string of the molecule is CSCC[C@@H]1NC(=O)C[C@@H](c2ccccc2)NC(=O)[C@H](C)NC(=O)[C@@H]2C[C@H](NC(=O)CCc3nc4ccccc4[nH]3)CN2C(=O)[C@H](C(C)C)NC1=O. The van der Waals surface area contributed by atoms with Crippen LogP contribution in [0.5, 0.6) is 0 Å². The number of thioether (sulfide) groups is 1. The van der Waals surface area contributed by atoms with Gasteiger partial charge in [0.05, 0.1) is 23.5 Å². The van der Waals surface area contributed by atoms with E-state index >= 15 is 0 Å². The fourth-order valence-corrected chi connectivity index (χ4v) is 7.06. The molecule has 6 atom stereocenters. The summed E-state index contributed by atoms with van der Waals surface area (Å²) in [4.78, 5) is 91.0. The first-order valence-corrected chi connectivity index (χ1v) is 19.1. The molecule has 0 spiro atoms. The Labute approximate surface area is 307 Å². The summed E-state index contributed by atoms with van der Waals surface area (Å²) in [5.41, 5.74) is 2.37. The molecule has 0 radical (unpaired) electrons. The van der Waals surface area contributed by atoms with Crippen LogP contribution in [0, 0.1) is 5.92 Å². The molecule has 3 heterocycles. The van der Waals surface area contributed by atoms with Crippen LogP contribution in [0.15, 0.2) is 54.6 Å². The third-order valence-corrected chi connectivity index (χ3v) is 10.1. The number of hydrogen-bond donors (Lipinski definition) is 6. The molecule has 52 heavy (non-hydrogen) atoms. The average molecular weight is 733 g/mol. The Morgan fingerprint density at radius 1 is 0.942 bits per heavy atom. The molecular formula is C37H48N8O6S. The predicted octanol–water partition coefficient (Wildman–Crippen LogP) is 1.73. The Bertz CT molecular complexity index is 1730. The number of carbonyl (C=O) groups is 6. The molecule has 3 aromatic rings. The predicted molar refractivity (Wildman–Crippen MR) is 198 cm³/mol. The normalized spacial score (nSPS) is 24.9. The average Bonchev–Trinajstić information content (AvgIpc) is 3.75. The van der Waals surface area contributed by atoms with E-state index < -0.39 is 65.8 Å². The van der Waals surface area contributed by atoms with Crippen molar-refractivity contribution in [2.75, 3.05) is 18.6 Å². The molecular weight excluding hydrogens is 685 g/mol. The van der Waals surface area contributed by atoms with Gasteiger partial charge in [-0.25, -0.2) is 4.98 Å². The van der Waals surface area contributed by atoms with E-state index in [9.17, 15) is 28.8 Å². The topological polar surface area (TPSA) is 194 Å². The van der Waals surface area contributed by atoms with Gasteiger partial charge in [0.25, 0.3) is 0 Å². The van der Waals surface area contributed by atoms with Crippen LogP contribution >= 0.6 is 11.8 Å². The van der Waals surface area contributed by atoms with Crippen LogP contribution in [0.1, 0.15) is 63.9 Å². The van der Waals surface area contributed by atoms with Gasteiger partial charge in [-0.3, -0.25) is 28.8 Å². The molecule has 5 rings (SSSR count). The van der Waals surface area contributed by atoms with Gasteiger partial charge in [0.15, 0.2) is 0 Å². The highest BCUT2D eigenvalue weighted by atomic mass is 32.2. The number of hydrogen-bond acceptors (Lipinski definition) is 8. The van der Waals surface area contributed by atoms with Gasteiger partial charge < -0.3 is 36.5 Å². The van der Waals surface area contributed by atoms with Gasteiger partial charge >= 0.3 is 0 Å². The third-order valence-electron chi connectivity index (χ3n) is 9.43. The van der Waals surface area contributed by atoms with Gasteiger partial charge in [-0.05, 0) is 55.4 Å². The van der Waals surface area contributed by atoms with Crippen molar-refractivity contribution in [2.24, 2.45) is 5.92 Å². The number of rotatable bonds is 9. The summed E-state index contributed by atoms with van der Waals surface area (Å²) in [7, 11) is 0. The van der Waals surface area contributed by atoms with Crippen molar-refractivity contribution >= 4 is 58.2 Å². The molecule has 0 saturated carbocycles. The lowest BCUT2D eigenvalue weighted by Crippen LogP contribution is -2.59. The van der Waals surface area contributed by atoms with E-state index in [0.717, 1.165) is 11.0 Å². The Morgan fingerprint density at radius 3 is 2.38 bits per heavy atom. The molecule has 2 aliphatic rings.